The van der Waals surface area contributed by atoms with Crippen LogP contribution in [0.25, 0.3) is 0 Å². The Labute approximate surface area is 94.6 Å². The van der Waals surface area contributed by atoms with Crippen LogP contribution in [0.5, 0.6) is 0 Å². The van der Waals surface area contributed by atoms with Crippen molar-refractivity contribution in [3.8, 4) is 12.3 Å². The smallest absolute Gasteiger partial charge is 0.188 e. The molecule has 1 N–H and O–H groups in total. The van der Waals surface area contributed by atoms with Gasteiger partial charge < -0.3 is 24.1 Å². The molecule has 2 aliphatic heterocycles. The second kappa shape index (κ2) is 4.32. The predicted octanol–water partition coefficient (Wildman–Crippen LogP) is -0.127. The second-order valence-corrected chi connectivity index (χ2v) is 4.31. The van der Waals surface area contributed by atoms with Gasteiger partial charge in [-0.2, -0.15) is 0 Å². The van der Waals surface area contributed by atoms with Gasteiger partial charge in [0.05, 0.1) is 6.61 Å². The zero-order chi connectivity index (χ0) is 11.8. The average molecular weight is 228 g/mol. The number of aliphatic hydroxyl groups excluding tert-OH is 1. The standard InChI is InChI=1S/C11H16O5/c1-4-5-13-10-9-8(7(6-12)14-10)15-11(2,3)16-9/h1,7-10,12H,5-6H2,2-3H3/t7-,8-,9-,10-/m1/s1. The van der Waals surface area contributed by atoms with Crippen molar-refractivity contribution in [2.45, 2.75) is 44.2 Å². The fraction of sp³-hybridized carbons (Fsp3) is 0.818. The van der Waals surface area contributed by atoms with Gasteiger partial charge in [0, 0.05) is 0 Å². The zero-order valence-electron chi connectivity index (χ0n) is 9.38. The van der Waals surface area contributed by atoms with Crippen LogP contribution in [0, 0.1) is 12.3 Å². The lowest BCUT2D eigenvalue weighted by Gasteiger charge is -2.23. The third-order valence-electron chi connectivity index (χ3n) is 2.62. The minimum Gasteiger partial charge on any atom is -0.394 e. The number of aliphatic hydroxyl groups is 1. The Morgan fingerprint density at radius 3 is 2.69 bits per heavy atom. The van der Waals surface area contributed by atoms with Crippen LogP contribution in [0.1, 0.15) is 13.8 Å². The summed E-state index contributed by atoms with van der Waals surface area (Å²) in [5, 5.41) is 9.17. The molecule has 0 aromatic carbocycles. The Kier molecular flexibility index (Phi) is 3.19. The highest BCUT2D eigenvalue weighted by Gasteiger charge is 2.55. The molecule has 0 aromatic heterocycles. The molecule has 0 spiro atoms. The molecule has 0 aromatic rings. The van der Waals surface area contributed by atoms with Crippen LogP contribution in [0.3, 0.4) is 0 Å². The molecule has 16 heavy (non-hydrogen) atoms. The Morgan fingerprint density at radius 1 is 1.38 bits per heavy atom. The maximum Gasteiger partial charge on any atom is 0.188 e. The van der Waals surface area contributed by atoms with Crippen LogP contribution in [0.2, 0.25) is 0 Å². The van der Waals surface area contributed by atoms with Crippen molar-refractivity contribution < 1.29 is 24.1 Å². The van der Waals surface area contributed by atoms with Gasteiger partial charge in [-0.25, -0.2) is 0 Å². The van der Waals surface area contributed by atoms with Crippen LogP contribution in [-0.4, -0.2) is 48.7 Å². The predicted molar refractivity (Wildman–Crippen MR) is 54.4 cm³/mol. The normalized spacial score (nSPS) is 40.6. The molecule has 2 rings (SSSR count). The van der Waals surface area contributed by atoms with Gasteiger partial charge in [0.25, 0.3) is 0 Å². The molecule has 0 saturated carbocycles. The summed E-state index contributed by atoms with van der Waals surface area (Å²) >= 11 is 0. The summed E-state index contributed by atoms with van der Waals surface area (Å²) in [6.45, 7) is 3.66. The van der Waals surface area contributed by atoms with Gasteiger partial charge in [-0.05, 0) is 13.8 Å². The number of fused-ring (bicyclic) bond motifs is 1. The first kappa shape index (κ1) is 11.8. The molecule has 2 fully saturated rings. The van der Waals surface area contributed by atoms with E-state index in [2.05, 4.69) is 5.92 Å². The number of terminal acetylenes is 1. The monoisotopic (exact) mass is 228 g/mol. The summed E-state index contributed by atoms with van der Waals surface area (Å²) in [7, 11) is 0. The second-order valence-electron chi connectivity index (χ2n) is 4.31. The molecule has 0 aliphatic carbocycles. The summed E-state index contributed by atoms with van der Waals surface area (Å²) in [6.07, 6.45) is 3.49. The van der Waals surface area contributed by atoms with E-state index >= 15 is 0 Å². The van der Waals surface area contributed by atoms with E-state index < -0.39 is 18.2 Å². The van der Waals surface area contributed by atoms with Crippen LogP contribution < -0.4 is 0 Å². The van der Waals surface area contributed by atoms with Crippen LogP contribution in [0.4, 0.5) is 0 Å². The van der Waals surface area contributed by atoms with E-state index in [-0.39, 0.29) is 25.4 Å². The lowest BCUT2D eigenvalue weighted by atomic mass is 10.1. The maximum absolute atomic E-state index is 9.17. The maximum atomic E-state index is 9.17. The highest BCUT2D eigenvalue weighted by Crippen LogP contribution is 2.38. The Balaban J connectivity index is 2.05. The summed E-state index contributed by atoms with van der Waals surface area (Å²) in [6, 6.07) is 0. The summed E-state index contributed by atoms with van der Waals surface area (Å²) < 4.78 is 22.1. The fourth-order valence-electron chi connectivity index (χ4n) is 2.05. The molecule has 2 saturated heterocycles. The van der Waals surface area contributed by atoms with Crippen molar-refractivity contribution in [1.29, 1.82) is 0 Å². The van der Waals surface area contributed by atoms with Crippen molar-refractivity contribution >= 4 is 0 Å². The Morgan fingerprint density at radius 2 is 2.06 bits per heavy atom. The highest BCUT2D eigenvalue weighted by atomic mass is 16.8. The number of hydrogen-bond acceptors (Lipinski definition) is 5. The Hall–Kier alpha value is -0.640. The van der Waals surface area contributed by atoms with E-state index in [9.17, 15) is 5.11 Å². The fourth-order valence-corrected chi connectivity index (χ4v) is 2.05. The molecule has 0 amide bonds. The zero-order valence-corrected chi connectivity index (χ0v) is 9.38. The molecule has 2 heterocycles. The summed E-state index contributed by atoms with van der Waals surface area (Å²) in [5.74, 6) is 1.69. The first-order valence-corrected chi connectivity index (χ1v) is 5.24. The van der Waals surface area contributed by atoms with E-state index in [1.54, 1.807) is 0 Å². The molecule has 0 bridgehead atoms. The number of rotatable bonds is 3. The number of hydrogen-bond donors (Lipinski definition) is 1. The van der Waals surface area contributed by atoms with Crippen LogP contribution >= 0.6 is 0 Å². The van der Waals surface area contributed by atoms with Crippen molar-refractivity contribution in [1.82, 2.24) is 0 Å². The molecular formula is C11H16O5. The molecule has 0 radical (unpaired) electrons. The lowest BCUT2D eigenvalue weighted by molar-refractivity contribution is -0.233. The number of ether oxygens (including phenoxy) is 4. The first-order chi connectivity index (χ1) is 7.57. The first-order valence-electron chi connectivity index (χ1n) is 5.24. The molecule has 5 nitrogen and oxygen atoms in total. The molecule has 0 unspecified atom stereocenters. The molecule has 4 atom stereocenters. The van der Waals surface area contributed by atoms with Gasteiger partial charge in [-0.1, -0.05) is 5.92 Å². The van der Waals surface area contributed by atoms with E-state index in [0.29, 0.717) is 0 Å². The van der Waals surface area contributed by atoms with Gasteiger partial charge in [0.2, 0.25) is 0 Å². The lowest BCUT2D eigenvalue weighted by Crippen LogP contribution is -2.32. The van der Waals surface area contributed by atoms with Crippen molar-refractivity contribution in [2.75, 3.05) is 13.2 Å². The average Bonchev–Trinajstić information content (AvgIpc) is 2.69. The minimum absolute atomic E-state index is 0.128. The van der Waals surface area contributed by atoms with Gasteiger partial charge in [-0.15, -0.1) is 6.42 Å². The van der Waals surface area contributed by atoms with Crippen LogP contribution in [0.15, 0.2) is 0 Å². The van der Waals surface area contributed by atoms with Gasteiger partial charge >= 0.3 is 0 Å². The highest BCUT2D eigenvalue weighted by molar-refractivity contribution is 4.95. The van der Waals surface area contributed by atoms with Crippen molar-refractivity contribution in [3.05, 3.63) is 0 Å². The van der Waals surface area contributed by atoms with Crippen molar-refractivity contribution in [2.24, 2.45) is 0 Å². The van der Waals surface area contributed by atoms with Gasteiger partial charge in [0.15, 0.2) is 12.1 Å². The van der Waals surface area contributed by atoms with E-state index in [0.717, 1.165) is 0 Å². The summed E-state index contributed by atoms with van der Waals surface area (Å²) in [4.78, 5) is 0. The quantitative estimate of drug-likeness (QED) is 0.682. The van der Waals surface area contributed by atoms with Gasteiger partial charge in [0.1, 0.15) is 24.9 Å². The molecule has 5 heteroatoms. The van der Waals surface area contributed by atoms with Crippen molar-refractivity contribution in [3.63, 3.8) is 0 Å². The van der Waals surface area contributed by atoms with E-state index in [1.807, 2.05) is 13.8 Å². The molecular weight excluding hydrogens is 212 g/mol. The summed E-state index contributed by atoms with van der Waals surface area (Å²) in [5.41, 5.74) is 0. The van der Waals surface area contributed by atoms with Gasteiger partial charge in [-0.3, -0.25) is 0 Å². The minimum atomic E-state index is -0.676. The third-order valence-corrected chi connectivity index (χ3v) is 2.62. The largest absolute Gasteiger partial charge is 0.394 e. The topological polar surface area (TPSA) is 57.2 Å². The Bertz CT molecular complexity index is 295. The van der Waals surface area contributed by atoms with E-state index in [1.165, 1.54) is 0 Å². The molecule has 90 valence electrons. The third kappa shape index (κ3) is 2.08. The van der Waals surface area contributed by atoms with E-state index in [4.69, 9.17) is 25.4 Å². The SMILES string of the molecule is C#CCO[C@@H]1O[C@H](CO)[C@H]2OC(C)(C)O[C@@H]12. The molecule has 2 aliphatic rings. The van der Waals surface area contributed by atoms with Crippen LogP contribution in [-0.2, 0) is 18.9 Å².